The van der Waals surface area contributed by atoms with Crippen LogP contribution in [-0.2, 0) is 9.53 Å². The lowest BCUT2D eigenvalue weighted by Crippen LogP contribution is -2.67. The molecule has 0 spiro atoms. The first kappa shape index (κ1) is 30.7. The zero-order valence-electron chi connectivity index (χ0n) is 27.1. The largest absolute Gasteiger partial charge is 0.504 e. The number of hydrogen-bond donors (Lipinski definition) is 3. The van der Waals surface area contributed by atoms with Crippen LogP contribution in [0.3, 0.4) is 0 Å². The number of fused-ring (bicyclic) bond motifs is 7. The van der Waals surface area contributed by atoms with Crippen molar-refractivity contribution in [2.45, 2.75) is 105 Å². The molecule has 0 heterocycles. The smallest absolute Gasteiger partial charge is 0.331 e. The number of aliphatic hydroxyl groups excluding tert-OH is 1. The van der Waals surface area contributed by atoms with Gasteiger partial charge in [-0.25, -0.2) is 4.79 Å². The Bertz CT molecular complexity index is 1300. The van der Waals surface area contributed by atoms with E-state index in [0.29, 0.717) is 41.8 Å². The van der Waals surface area contributed by atoms with Gasteiger partial charge in [0.05, 0.1) is 0 Å². The Labute approximate surface area is 258 Å². The average Bonchev–Trinajstić information content (AvgIpc) is 3.35. The molecule has 236 valence electrons. The first-order valence-corrected chi connectivity index (χ1v) is 16.9. The average molecular weight is 591 g/mol. The van der Waals surface area contributed by atoms with Crippen LogP contribution in [0.15, 0.2) is 36.9 Å². The number of ether oxygens (including phenoxy) is 1. The summed E-state index contributed by atoms with van der Waals surface area (Å²) in [6, 6.07) is 4.51. The van der Waals surface area contributed by atoms with E-state index >= 15 is 0 Å². The highest BCUT2D eigenvalue weighted by Gasteiger charge is 2.70. The number of carbonyl (C=O) groups is 1. The van der Waals surface area contributed by atoms with Crippen molar-refractivity contribution in [3.05, 3.63) is 42.5 Å². The number of rotatable bonds is 5. The summed E-state index contributed by atoms with van der Waals surface area (Å²) in [6.07, 6.45) is 16.7. The molecule has 5 aliphatic rings. The van der Waals surface area contributed by atoms with Gasteiger partial charge in [-0.3, -0.25) is 0 Å². The summed E-state index contributed by atoms with van der Waals surface area (Å²) in [6.45, 7) is 17.1. The first-order chi connectivity index (χ1) is 20.3. The first-order valence-electron chi connectivity index (χ1n) is 16.9. The van der Waals surface area contributed by atoms with Crippen molar-refractivity contribution in [2.24, 2.45) is 56.7 Å². The fourth-order valence-electron chi connectivity index (χ4n) is 12.5. The molecule has 0 radical (unpaired) electrons. The minimum absolute atomic E-state index is 0.0916. The maximum absolute atomic E-state index is 13.0. The fraction of sp³-hybridized carbons (Fsp3) is 0.711. The van der Waals surface area contributed by atoms with Gasteiger partial charge in [0.25, 0.3) is 0 Å². The van der Waals surface area contributed by atoms with E-state index in [0.717, 1.165) is 32.1 Å². The van der Waals surface area contributed by atoms with Gasteiger partial charge >= 0.3 is 5.97 Å². The monoisotopic (exact) mass is 590 g/mol. The molecule has 1 aromatic rings. The van der Waals surface area contributed by atoms with Crippen molar-refractivity contribution < 1.29 is 24.9 Å². The number of carbonyl (C=O) groups excluding carboxylic acids is 1. The Morgan fingerprint density at radius 1 is 0.907 bits per heavy atom. The normalized spacial score (nSPS) is 45.0. The second-order valence-corrected chi connectivity index (χ2v) is 16.5. The third-order valence-corrected chi connectivity index (χ3v) is 14.9. The molecule has 5 nitrogen and oxygen atoms in total. The fourth-order valence-corrected chi connectivity index (χ4v) is 12.5. The number of hydrogen-bond acceptors (Lipinski definition) is 5. The summed E-state index contributed by atoms with van der Waals surface area (Å²) >= 11 is 0. The molecule has 43 heavy (non-hydrogen) atoms. The molecule has 5 aliphatic carbocycles. The lowest BCUT2D eigenvalue weighted by atomic mass is 9.32. The van der Waals surface area contributed by atoms with Crippen molar-refractivity contribution in [2.75, 3.05) is 6.61 Å². The molecule has 1 aromatic carbocycles. The van der Waals surface area contributed by atoms with E-state index in [-0.39, 0.29) is 50.6 Å². The maximum atomic E-state index is 13.0. The Morgan fingerprint density at radius 3 is 2.37 bits per heavy atom. The second kappa shape index (κ2) is 10.4. The van der Waals surface area contributed by atoms with E-state index in [1.165, 1.54) is 50.3 Å². The third kappa shape index (κ3) is 4.37. The lowest BCUT2D eigenvalue weighted by Gasteiger charge is -2.73. The molecule has 5 saturated carbocycles. The van der Waals surface area contributed by atoms with Crippen LogP contribution >= 0.6 is 0 Å². The summed E-state index contributed by atoms with van der Waals surface area (Å²) in [5.41, 5.74) is 1.31. The SMILES string of the molecule is C=CC1CC[C@]2(CO)CC[C@]3(C)C(CCC4[C@@]5(C)CC[C@H](OC(=O)/C=C/c6ccc(O)c(O)c6)C(C)(C)C5CC[C@]43C)C12. The number of aromatic hydroxyl groups is 2. The van der Waals surface area contributed by atoms with Gasteiger partial charge in [-0.05, 0) is 139 Å². The van der Waals surface area contributed by atoms with Crippen LogP contribution in [0.1, 0.15) is 104 Å². The highest BCUT2D eigenvalue weighted by molar-refractivity contribution is 5.87. The quantitative estimate of drug-likeness (QED) is 0.139. The Hall–Kier alpha value is -2.27. The number of aliphatic hydroxyl groups is 1. The van der Waals surface area contributed by atoms with E-state index in [9.17, 15) is 20.1 Å². The van der Waals surface area contributed by atoms with Crippen LogP contribution in [0.25, 0.3) is 6.08 Å². The van der Waals surface area contributed by atoms with Gasteiger partial charge < -0.3 is 20.1 Å². The zero-order chi connectivity index (χ0) is 31.0. The Kier molecular flexibility index (Phi) is 7.43. The third-order valence-electron chi connectivity index (χ3n) is 14.9. The summed E-state index contributed by atoms with van der Waals surface area (Å²) in [4.78, 5) is 13.0. The van der Waals surface area contributed by atoms with Crippen molar-refractivity contribution in [3.8, 4) is 11.5 Å². The molecular formula is C38H54O5. The molecule has 0 aliphatic heterocycles. The highest BCUT2D eigenvalue weighted by atomic mass is 16.5. The standard InChI is InChI=1S/C38H54O5/c1-7-25-14-19-38(23-39)21-20-36(5)26(33(25)38)10-12-30-35(4)17-16-31(34(2,3)29(35)15-18-37(30,36)6)43-32(42)13-9-24-8-11-27(40)28(41)22-24/h7-9,11,13,22,25-26,29-31,33,39-41H,1,10,12,14-21,23H2,2-6H3/b13-9+/t25?,26?,29?,30?,31-,33?,35-,36+,37+,38+/m0/s1. The molecule has 5 heteroatoms. The predicted molar refractivity (Wildman–Crippen MR) is 170 cm³/mol. The lowest BCUT2D eigenvalue weighted by molar-refractivity contribution is -0.251. The van der Waals surface area contributed by atoms with E-state index in [4.69, 9.17) is 4.74 Å². The topological polar surface area (TPSA) is 87.0 Å². The Balaban J connectivity index is 1.22. The van der Waals surface area contributed by atoms with Crippen molar-refractivity contribution in [1.29, 1.82) is 0 Å². The maximum Gasteiger partial charge on any atom is 0.331 e. The number of benzene rings is 1. The van der Waals surface area contributed by atoms with Gasteiger partial charge in [0, 0.05) is 18.1 Å². The van der Waals surface area contributed by atoms with E-state index in [1.807, 2.05) is 0 Å². The summed E-state index contributed by atoms with van der Waals surface area (Å²) in [5.74, 6) is 2.11. The summed E-state index contributed by atoms with van der Waals surface area (Å²) in [7, 11) is 0. The molecule has 5 fully saturated rings. The number of phenols is 2. The van der Waals surface area contributed by atoms with E-state index < -0.39 is 0 Å². The van der Waals surface area contributed by atoms with Gasteiger partial charge in [0.15, 0.2) is 11.5 Å². The van der Waals surface area contributed by atoms with Crippen molar-refractivity contribution >= 4 is 12.0 Å². The number of allylic oxidation sites excluding steroid dienone is 1. The molecule has 0 bridgehead atoms. The van der Waals surface area contributed by atoms with Crippen LogP contribution in [0, 0.1) is 56.7 Å². The van der Waals surface area contributed by atoms with Gasteiger partial charge in [-0.1, -0.05) is 46.8 Å². The summed E-state index contributed by atoms with van der Waals surface area (Å²) < 4.78 is 6.17. The molecule has 3 N–H and O–H groups in total. The molecule has 10 atom stereocenters. The van der Waals surface area contributed by atoms with Crippen molar-refractivity contribution in [1.82, 2.24) is 0 Å². The van der Waals surface area contributed by atoms with Crippen LogP contribution < -0.4 is 0 Å². The number of phenolic OH excluding ortho intramolecular Hbond substituents is 2. The van der Waals surface area contributed by atoms with Crippen LogP contribution in [-0.4, -0.2) is 34.0 Å². The highest BCUT2D eigenvalue weighted by Crippen LogP contribution is 2.77. The molecule has 0 saturated heterocycles. The minimum atomic E-state index is -0.356. The zero-order valence-corrected chi connectivity index (χ0v) is 27.1. The Morgan fingerprint density at radius 2 is 1.67 bits per heavy atom. The molecule has 0 amide bonds. The van der Waals surface area contributed by atoms with Gasteiger partial charge in [0.2, 0.25) is 0 Å². The van der Waals surface area contributed by atoms with E-state index in [1.54, 1.807) is 12.1 Å². The molecular weight excluding hydrogens is 536 g/mol. The second-order valence-electron chi connectivity index (χ2n) is 16.5. The minimum Gasteiger partial charge on any atom is -0.504 e. The summed E-state index contributed by atoms with van der Waals surface area (Å²) in [5, 5.41) is 30.0. The van der Waals surface area contributed by atoms with Gasteiger partial charge in [-0.15, -0.1) is 6.58 Å². The number of esters is 1. The molecule has 5 unspecified atom stereocenters. The van der Waals surface area contributed by atoms with Crippen LogP contribution in [0.5, 0.6) is 11.5 Å². The van der Waals surface area contributed by atoms with E-state index in [2.05, 4.69) is 47.3 Å². The van der Waals surface area contributed by atoms with Crippen LogP contribution in [0.4, 0.5) is 0 Å². The molecule has 0 aromatic heterocycles. The van der Waals surface area contributed by atoms with Gasteiger partial charge in [-0.2, -0.15) is 0 Å². The van der Waals surface area contributed by atoms with Crippen LogP contribution in [0.2, 0.25) is 0 Å². The predicted octanol–water partition coefficient (Wildman–Crippen LogP) is 8.28. The van der Waals surface area contributed by atoms with Crippen molar-refractivity contribution in [3.63, 3.8) is 0 Å². The van der Waals surface area contributed by atoms with Gasteiger partial charge in [0.1, 0.15) is 6.10 Å². The molecule has 6 rings (SSSR count).